The molecule has 0 saturated carbocycles. The van der Waals surface area contributed by atoms with Crippen molar-refractivity contribution in [3.8, 4) is 0 Å². The summed E-state index contributed by atoms with van der Waals surface area (Å²) in [4.78, 5) is 5.22. The highest BCUT2D eigenvalue weighted by Crippen LogP contribution is 2.52. The predicted molar refractivity (Wildman–Crippen MR) is 161 cm³/mol. The Morgan fingerprint density at radius 1 is 1.05 bits per heavy atom. The molecule has 0 spiro atoms. The zero-order valence-corrected chi connectivity index (χ0v) is 27.6. The summed E-state index contributed by atoms with van der Waals surface area (Å²) in [5, 5.41) is 12.0. The third kappa shape index (κ3) is 6.80. The van der Waals surface area contributed by atoms with Gasteiger partial charge in [0.2, 0.25) is 0 Å². The number of hydrogen-bond donors (Lipinski definition) is 1. The van der Waals surface area contributed by atoms with E-state index in [2.05, 4.69) is 47.7 Å². The van der Waals surface area contributed by atoms with Crippen molar-refractivity contribution < 1.29 is 32.2 Å². The summed E-state index contributed by atoms with van der Waals surface area (Å²) in [5.74, 6) is 0.0872. The van der Waals surface area contributed by atoms with E-state index >= 15 is 0 Å². The number of pyridine rings is 1. The van der Waals surface area contributed by atoms with Gasteiger partial charge in [0.15, 0.2) is 8.32 Å². The quantitative estimate of drug-likeness (QED) is 0.319. The van der Waals surface area contributed by atoms with Crippen LogP contribution in [0.5, 0.6) is 0 Å². The normalized spacial score (nSPS) is 21.6. The Labute approximate surface area is 250 Å². The molecule has 5 nitrogen and oxygen atoms in total. The molecular weight excluding hydrogens is 559 g/mol. The average molecular weight is 608 g/mol. The zero-order valence-electron chi connectivity index (χ0n) is 26.6. The van der Waals surface area contributed by atoms with Crippen LogP contribution >= 0.6 is 0 Å². The minimum atomic E-state index is -4.46. The van der Waals surface area contributed by atoms with Crippen LogP contribution in [0.2, 0.25) is 18.1 Å². The van der Waals surface area contributed by atoms with Crippen LogP contribution in [0.3, 0.4) is 0 Å². The van der Waals surface area contributed by atoms with Gasteiger partial charge in [-0.15, -0.1) is 0 Å². The van der Waals surface area contributed by atoms with Gasteiger partial charge in [0, 0.05) is 37.1 Å². The third-order valence-corrected chi connectivity index (χ3v) is 14.1. The van der Waals surface area contributed by atoms with Crippen LogP contribution in [-0.4, -0.2) is 38.7 Å². The highest BCUT2D eigenvalue weighted by molar-refractivity contribution is 6.74. The second kappa shape index (κ2) is 12.0. The highest BCUT2D eigenvalue weighted by Gasteiger charge is 2.46. The van der Waals surface area contributed by atoms with Gasteiger partial charge in [-0.05, 0) is 85.3 Å². The Hall–Kier alpha value is -1.78. The molecule has 1 saturated heterocycles. The lowest BCUT2D eigenvalue weighted by Crippen LogP contribution is -2.44. The summed E-state index contributed by atoms with van der Waals surface area (Å²) in [5.41, 5.74) is 3.91. The minimum absolute atomic E-state index is 0.00585. The number of alkyl halides is 3. The molecule has 42 heavy (non-hydrogen) atoms. The number of benzene rings is 1. The lowest BCUT2D eigenvalue weighted by molar-refractivity contribution is -0.137. The lowest BCUT2D eigenvalue weighted by atomic mass is 9.70. The molecule has 2 unspecified atom stereocenters. The first kappa shape index (κ1) is 33.1. The topological polar surface area (TPSA) is 60.8 Å². The van der Waals surface area contributed by atoms with Crippen LogP contribution in [-0.2, 0) is 26.5 Å². The molecule has 4 rings (SSSR count). The Morgan fingerprint density at radius 3 is 2.17 bits per heavy atom. The molecule has 0 radical (unpaired) electrons. The van der Waals surface area contributed by atoms with Crippen LogP contribution < -0.4 is 0 Å². The van der Waals surface area contributed by atoms with Gasteiger partial charge in [-0.3, -0.25) is 4.98 Å². The van der Waals surface area contributed by atoms with Crippen molar-refractivity contribution in [1.82, 2.24) is 4.98 Å². The maximum absolute atomic E-state index is 13.4. The second-order valence-corrected chi connectivity index (χ2v) is 19.1. The molecule has 1 aromatic heterocycles. The van der Waals surface area contributed by atoms with Gasteiger partial charge in [-0.1, -0.05) is 46.8 Å². The van der Waals surface area contributed by atoms with Gasteiger partial charge in [0.05, 0.1) is 23.5 Å². The van der Waals surface area contributed by atoms with Crippen LogP contribution in [0, 0.1) is 5.41 Å². The van der Waals surface area contributed by atoms with Crippen LogP contribution in [0.4, 0.5) is 13.2 Å². The van der Waals surface area contributed by atoms with Crippen molar-refractivity contribution >= 4 is 8.32 Å². The van der Waals surface area contributed by atoms with E-state index < -0.39 is 32.3 Å². The molecule has 0 bridgehead atoms. The summed E-state index contributed by atoms with van der Waals surface area (Å²) in [6, 6.07) is 4.80. The Morgan fingerprint density at radius 2 is 1.64 bits per heavy atom. The van der Waals surface area contributed by atoms with E-state index in [4.69, 9.17) is 18.9 Å². The fourth-order valence-corrected chi connectivity index (χ4v) is 7.38. The first-order chi connectivity index (χ1) is 19.4. The maximum Gasteiger partial charge on any atom is 0.416 e. The molecule has 2 aliphatic rings. The molecule has 2 heterocycles. The number of nitrogens with zero attached hydrogens (tertiary/aromatic N) is 1. The van der Waals surface area contributed by atoms with Crippen LogP contribution in [0.15, 0.2) is 24.3 Å². The van der Waals surface area contributed by atoms with E-state index in [1.165, 1.54) is 12.1 Å². The van der Waals surface area contributed by atoms with E-state index in [1.807, 2.05) is 6.92 Å². The molecule has 234 valence electrons. The largest absolute Gasteiger partial charge is 0.416 e. The van der Waals surface area contributed by atoms with Crippen molar-refractivity contribution in [2.45, 2.75) is 116 Å². The van der Waals surface area contributed by atoms with Crippen LogP contribution in [0.1, 0.15) is 124 Å². The predicted octanol–water partition coefficient (Wildman–Crippen LogP) is 8.82. The number of aliphatic hydroxyl groups excluding tert-OH is 1. The number of aromatic nitrogens is 1. The molecule has 1 aliphatic carbocycles. The molecular formula is C33H48F3NO4Si. The van der Waals surface area contributed by atoms with Gasteiger partial charge in [-0.2, -0.15) is 13.2 Å². The average Bonchev–Trinajstić information content (AvgIpc) is 2.89. The van der Waals surface area contributed by atoms with E-state index in [1.54, 1.807) is 7.11 Å². The third-order valence-electron chi connectivity index (χ3n) is 9.57. The number of fused-ring (bicyclic) bond motifs is 1. The monoisotopic (exact) mass is 607 g/mol. The number of hydrogen-bond acceptors (Lipinski definition) is 5. The van der Waals surface area contributed by atoms with Crippen molar-refractivity contribution in [3.63, 3.8) is 0 Å². The van der Waals surface area contributed by atoms with Gasteiger partial charge in [-0.25, -0.2) is 0 Å². The SMILES string of the molecule is COC(C)c1nc2c(c(C3CCOCC3)c1C(O)c1ccc(C(F)(F)F)cc1)[C@@H](O[Si](C)(C)C(C)(C)C)CC(C)(C)C2. The number of rotatable bonds is 7. The standard InChI is InChI=1S/C33H48F3NO4Si/c1-20(39-7)29-28(30(38)22-10-12-23(13-11-22)33(34,35)36)26(21-14-16-40-17-15-21)27-24(37-29)18-32(5,6)19-25(27)41-42(8,9)31(2,3)4/h10-13,20-21,25,30,38H,14-19H2,1-9H3/t20?,25-,30?/m0/s1. The Kier molecular flexibility index (Phi) is 9.43. The summed E-state index contributed by atoms with van der Waals surface area (Å²) < 4.78 is 58.8. The molecule has 1 aromatic carbocycles. The van der Waals surface area contributed by atoms with E-state index in [0.717, 1.165) is 54.6 Å². The Bertz CT molecular complexity index is 1250. The number of ether oxygens (including phenoxy) is 2. The number of methoxy groups -OCH3 is 1. The smallest absolute Gasteiger partial charge is 0.410 e. The minimum Gasteiger partial charge on any atom is -0.410 e. The summed E-state index contributed by atoms with van der Waals surface area (Å²) in [6.07, 6.45) is -3.14. The van der Waals surface area contributed by atoms with E-state index in [0.29, 0.717) is 30.0 Å². The Balaban J connectivity index is 2.00. The van der Waals surface area contributed by atoms with Crippen LogP contribution in [0.25, 0.3) is 0 Å². The van der Waals surface area contributed by atoms with Gasteiger partial charge < -0.3 is 19.0 Å². The van der Waals surface area contributed by atoms with Gasteiger partial charge in [0.25, 0.3) is 0 Å². The summed E-state index contributed by atoms with van der Waals surface area (Å²) in [7, 11) is -0.604. The second-order valence-electron chi connectivity index (χ2n) is 14.4. The van der Waals surface area contributed by atoms with Crippen molar-refractivity contribution in [3.05, 3.63) is 63.5 Å². The maximum atomic E-state index is 13.4. The van der Waals surface area contributed by atoms with Gasteiger partial charge >= 0.3 is 6.18 Å². The lowest BCUT2D eigenvalue weighted by Gasteiger charge is -2.46. The van der Waals surface area contributed by atoms with E-state index in [9.17, 15) is 18.3 Å². The van der Waals surface area contributed by atoms with Gasteiger partial charge in [0.1, 0.15) is 6.10 Å². The van der Waals surface area contributed by atoms with E-state index in [-0.39, 0.29) is 22.5 Å². The van der Waals surface area contributed by atoms with Crippen molar-refractivity contribution in [2.75, 3.05) is 20.3 Å². The first-order valence-corrected chi connectivity index (χ1v) is 18.0. The van der Waals surface area contributed by atoms with Crippen molar-refractivity contribution in [2.24, 2.45) is 5.41 Å². The zero-order chi connectivity index (χ0) is 31.3. The highest BCUT2D eigenvalue weighted by atomic mass is 28.4. The van der Waals surface area contributed by atoms with Crippen molar-refractivity contribution in [1.29, 1.82) is 0 Å². The molecule has 9 heteroatoms. The number of aliphatic hydroxyl groups is 1. The molecule has 1 N–H and O–H groups in total. The summed E-state index contributed by atoms with van der Waals surface area (Å²) in [6.45, 7) is 18.8. The first-order valence-electron chi connectivity index (χ1n) is 15.1. The summed E-state index contributed by atoms with van der Waals surface area (Å²) >= 11 is 0. The molecule has 0 amide bonds. The molecule has 1 aliphatic heterocycles. The molecule has 1 fully saturated rings. The molecule has 2 aromatic rings. The fraction of sp³-hybridized carbons (Fsp3) is 0.667. The fourth-order valence-electron chi connectivity index (χ4n) is 6.12. The number of halogens is 3. The molecule has 3 atom stereocenters.